The van der Waals surface area contributed by atoms with Crippen molar-refractivity contribution in [2.24, 2.45) is 29.1 Å². The standard InChI is InChI=1S/C30H46BNO5/c1-19(2)15-27(31-36-26-17-22-16-25(29(22,4)5)30(26,6)37-31)32-28(35)24(20(3)33)18-23(34)14-10-13-21-11-8-7-9-12-21/h7-9,11-12,19-20,22,24-27,33H,10,13-18H2,1-6H3,(H,32,35)/t20-,22+,24+,25+,26-,27+,30+/m1/s1. The van der Waals surface area contributed by atoms with E-state index in [1.165, 1.54) is 12.0 Å². The van der Waals surface area contributed by atoms with Crippen molar-refractivity contribution < 1.29 is 24.0 Å². The second kappa shape index (κ2) is 11.2. The number of hydrogen-bond acceptors (Lipinski definition) is 5. The number of Topliss-reactive ketones (excluding diaryl/α,β-unsaturated/α-hetero) is 1. The van der Waals surface area contributed by atoms with Gasteiger partial charge in [0.05, 0.1) is 29.7 Å². The molecule has 4 fully saturated rings. The SMILES string of the molecule is CC(C)C[C@H](NC(=O)[C@@H](CC(=O)CCCc1ccccc1)[C@@H](C)O)B1O[C@@H]2C[C@@H]3C[C@@H](C3(C)C)[C@]2(C)O1. The van der Waals surface area contributed by atoms with Crippen LogP contribution in [0.4, 0.5) is 0 Å². The maximum Gasteiger partial charge on any atom is 0.481 e. The average molecular weight is 512 g/mol. The van der Waals surface area contributed by atoms with Gasteiger partial charge in [-0.3, -0.25) is 9.59 Å². The molecule has 7 atom stereocenters. The van der Waals surface area contributed by atoms with Crippen LogP contribution in [0.25, 0.3) is 0 Å². The van der Waals surface area contributed by atoms with Gasteiger partial charge in [0.2, 0.25) is 5.91 Å². The fourth-order valence-corrected chi connectivity index (χ4v) is 7.07. The summed E-state index contributed by atoms with van der Waals surface area (Å²) in [4.78, 5) is 26.1. The first-order chi connectivity index (χ1) is 17.4. The third-order valence-corrected chi connectivity index (χ3v) is 9.48. The summed E-state index contributed by atoms with van der Waals surface area (Å²) in [7, 11) is -0.521. The van der Waals surface area contributed by atoms with Gasteiger partial charge in [-0.2, -0.15) is 0 Å². The highest BCUT2D eigenvalue weighted by Gasteiger charge is 2.68. The van der Waals surface area contributed by atoms with Crippen LogP contribution in [-0.4, -0.2) is 47.7 Å². The van der Waals surface area contributed by atoms with E-state index in [0.29, 0.717) is 30.6 Å². The third-order valence-electron chi connectivity index (χ3n) is 9.48. The molecule has 1 heterocycles. The Hall–Kier alpha value is -1.70. The van der Waals surface area contributed by atoms with Gasteiger partial charge in [0, 0.05) is 12.8 Å². The van der Waals surface area contributed by atoms with E-state index in [1.807, 2.05) is 18.2 Å². The Morgan fingerprint density at radius 3 is 2.46 bits per heavy atom. The Morgan fingerprint density at radius 1 is 1.14 bits per heavy atom. The minimum absolute atomic E-state index is 0.00583. The Morgan fingerprint density at radius 2 is 1.84 bits per heavy atom. The molecule has 2 N–H and O–H groups in total. The van der Waals surface area contributed by atoms with Gasteiger partial charge in [0.1, 0.15) is 5.78 Å². The van der Waals surface area contributed by atoms with E-state index in [1.54, 1.807) is 6.92 Å². The molecule has 1 aromatic rings. The summed E-state index contributed by atoms with van der Waals surface area (Å²) in [5, 5.41) is 13.6. The molecule has 1 aliphatic heterocycles. The van der Waals surface area contributed by atoms with Gasteiger partial charge in [0.25, 0.3) is 0 Å². The van der Waals surface area contributed by atoms with Crippen molar-refractivity contribution in [1.29, 1.82) is 0 Å². The summed E-state index contributed by atoms with van der Waals surface area (Å²) in [6.45, 7) is 12.7. The molecule has 0 radical (unpaired) electrons. The normalized spacial score (nSPS) is 30.3. The average Bonchev–Trinajstić information content (AvgIpc) is 3.19. The highest BCUT2D eigenvalue weighted by molar-refractivity contribution is 6.47. The number of carbonyl (C=O) groups is 2. The van der Waals surface area contributed by atoms with Gasteiger partial charge in [-0.15, -0.1) is 0 Å². The lowest BCUT2D eigenvalue weighted by molar-refractivity contribution is -0.199. The van der Waals surface area contributed by atoms with Crippen molar-refractivity contribution in [1.82, 2.24) is 5.32 Å². The molecule has 4 aliphatic rings. The lowest BCUT2D eigenvalue weighted by atomic mass is 9.43. The van der Waals surface area contributed by atoms with Crippen LogP contribution in [0.5, 0.6) is 0 Å². The van der Waals surface area contributed by atoms with Gasteiger partial charge in [-0.05, 0) is 74.7 Å². The Kier molecular flexibility index (Phi) is 8.57. The maximum absolute atomic E-state index is 13.4. The van der Waals surface area contributed by atoms with Gasteiger partial charge >= 0.3 is 7.12 Å². The van der Waals surface area contributed by atoms with Crippen molar-refractivity contribution in [2.45, 2.75) is 110 Å². The number of benzene rings is 1. The molecular formula is C30H46BNO5. The van der Waals surface area contributed by atoms with E-state index in [2.05, 4.69) is 52.1 Å². The summed E-state index contributed by atoms with van der Waals surface area (Å²) >= 11 is 0. The van der Waals surface area contributed by atoms with Gasteiger partial charge in [0.15, 0.2) is 0 Å². The number of nitrogens with one attached hydrogen (secondary N) is 1. The second-order valence-electron chi connectivity index (χ2n) is 13.0. The number of carbonyl (C=O) groups excluding carboxylic acids is 2. The number of aliphatic hydroxyl groups excluding tert-OH is 1. The number of aryl methyl sites for hydroxylation is 1. The molecule has 37 heavy (non-hydrogen) atoms. The topological polar surface area (TPSA) is 84.9 Å². The Bertz CT molecular complexity index is 951. The molecule has 1 saturated heterocycles. The molecule has 3 aliphatic carbocycles. The van der Waals surface area contributed by atoms with Gasteiger partial charge in [-0.25, -0.2) is 0 Å². The van der Waals surface area contributed by atoms with Crippen LogP contribution in [0, 0.1) is 29.1 Å². The van der Waals surface area contributed by atoms with E-state index < -0.39 is 19.1 Å². The fraction of sp³-hybridized carbons (Fsp3) is 0.733. The summed E-state index contributed by atoms with van der Waals surface area (Å²) < 4.78 is 13.1. The molecular weight excluding hydrogens is 465 g/mol. The summed E-state index contributed by atoms with van der Waals surface area (Å²) in [6, 6.07) is 10.1. The van der Waals surface area contributed by atoms with Crippen molar-refractivity contribution in [3.05, 3.63) is 35.9 Å². The zero-order valence-electron chi connectivity index (χ0n) is 23.5. The molecule has 1 aromatic carbocycles. The first kappa shape index (κ1) is 28.3. The molecule has 7 heteroatoms. The van der Waals surface area contributed by atoms with E-state index in [-0.39, 0.29) is 41.2 Å². The Labute approximate surface area is 223 Å². The third kappa shape index (κ3) is 5.99. The molecule has 6 nitrogen and oxygen atoms in total. The van der Waals surface area contributed by atoms with E-state index in [4.69, 9.17) is 9.31 Å². The fourth-order valence-electron chi connectivity index (χ4n) is 7.07. The first-order valence-electron chi connectivity index (χ1n) is 14.3. The summed E-state index contributed by atoms with van der Waals surface area (Å²) in [5.41, 5.74) is 1.10. The number of rotatable bonds is 12. The molecule has 1 amide bonds. The predicted octanol–water partition coefficient (Wildman–Crippen LogP) is 4.76. The monoisotopic (exact) mass is 511 g/mol. The van der Waals surface area contributed by atoms with Crippen LogP contribution in [-0.2, 0) is 25.3 Å². The van der Waals surface area contributed by atoms with Crippen molar-refractivity contribution in [3.63, 3.8) is 0 Å². The first-order valence-corrected chi connectivity index (χ1v) is 14.3. The zero-order valence-corrected chi connectivity index (χ0v) is 23.5. The number of aliphatic hydroxyl groups is 1. The lowest BCUT2D eigenvalue weighted by Crippen LogP contribution is -2.65. The number of ketones is 1. The molecule has 3 saturated carbocycles. The van der Waals surface area contributed by atoms with Crippen LogP contribution in [0.15, 0.2) is 30.3 Å². The quantitative estimate of drug-likeness (QED) is 0.395. The van der Waals surface area contributed by atoms with Crippen LogP contribution < -0.4 is 5.32 Å². The zero-order chi connectivity index (χ0) is 27.0. The second-order valence-corrected chi connectivity index (χ2v) is 13.0. The molecule has 204 valence electrons. The van der Waals surface area contributed by atoms with Crippen LogP contribution in [0.3, 0.4) is 0 Å². The van der Waals surface area contributed by atoms with Crippen LogP contribution in [0.1, 0.15) is 85.6 Å². The predicted molar refractivity (Wildman–Crippen MR) is 146 cm³/mol. The molecule has 0 unspecified atom stereocenters. The van der Waals surface area contributed by atoms with Gasteiger partial charge in [-0.1, -0.05) is 58.0 Å². The summed E-state index contributed by atoms with van der Waals surface area (Å²) in [5.74, 6) is 0.0175. The van der Waals surface area contributed by atoms with Crippen molar-refractivity contribution >= 4 is 18.8 Å². The van der Waals surface area contributed by atoms with Crippen molar-refractivity contribution in [3.8, 4) is 0 Å². The van der Waals surface area contributed by atoms with E-state index in [9.17, 15) is 14.7 Å². The molecule has 0 spiro atoms. The minimum Gasteiger partial charge on any atom is -0.404 e. The highest BCUT2D eigenvalue weighted by Crippen LogP contribution is 2.65. The lowest BCUT2D eigenvalue weighted by Gasteiger charge is -2.64. The van der Waals surface area contributed by atoms with E-state index in [0.717, 1.165) is 19.3 Å². The number of amides is 1. The Balaban J connectivity index is 1.36. The largest absolute Gasteiger partial charge is 0.481 e. The highest BCUT2D eigenvalue weighted by atomic mass is 16.7. The van der Waals surface area contributed by atoms with E-state index >= 15 is 0 Å². The van der Waals surface area contributed by atoms with Crippen LogP contribution >= 0.6 is 0 Å². The molecule has 2 bridgehead atoms. The minimum atomic E-state index is -0.920. The molecule has 0 aromatic heterocycles. The van der Waals surface area contributed by atoms with Crippen LogP contribution in [0.2, 0.25) is 0 Å². The maximum atomic E-state index is 13.4. The van der Waals surface area contributed by atoms with Gasteiger partial charge < -0.3 is 19.7 Å². The van der Waals surface area contributed by atoms with Crippen molar-refractivity contribution in [2.75, 3.05) is 0 Å². The summed E-state index contributed by atoms with van der Waals surface area (Å²) in [6.07, 6.45) is 3.98. The molecule has 5 rings (SSSR count). The smallest absolute Gasteiger partial charge is 0.404 e. The number of hydrogen-bond donors (Lipinski definition) is 2.